The highest BCUT2D eigenvalue weighted by molar-refractivity contribution is 5.94. The Kier molecular flexibility index (Phi) is 11.5. The van der Waals surface area contributed by atoms with Crippen LogP contribution in [0.2, 0.25) is 0 Å². The Morgan fingerprint density at radius 3 is 1.73 bits per heavy atom. The molecule has 0 aliphatic rings. The van der Waals surface area contributed by atoms with Crippen LogP contribution in [-0.4, -0.2) is 98.2 Å². The van der Waals surface area contributed by atoms with Gasteiger partial charge in [0.1, 0.15) is 12.1 Å². The van der Waals surface area contributed by atoms with Crippen molar-refractivity contribution in [2.45, 2.75) is 63.1 Å². The maximum Gasteiger partial charge on any atom is 0.328 e. The molecule has 6 unspecified atom stereocenters. The third-order valence-corrected chi connectivity index (χ3v) is 3.93. The van der Waals surface area contributed by atoms with E-state index in [1.807, 2.05) is 10.6 Å². The molecule has 0 saturated carbocycles. The van der Waals surface area contributed by atoms with Crippen molar-refractivity contribution in [3.63, 3.8) is 0 Å². The molecular formula is C16H28N4O10. The number of hydrogen-bond acceptors (Lipinski definition) is 9. The standard InChI is InChI=1S/C16H28N4O10/c1-6(22)11(19-13(26)8(17)3-4-10(24)25)15(28)18-9(5-21)14(27)20-12(7(2)23)16(29)30/h6-9,11-12,21-23H,3-5,17H2,1-2H3,(H,18,28)(H,19,26)(H,20,27)(H,24,25)(H,29,30). The smallest absolute Gasteiger partial charge is 0.328 e. The first-order valence-corrected chi connectivity index (χ1v) is 8.90. The molecule has 172 valence electrons. The Balaban J connectivity index is 5.13. The van der Waals surface area contributed by atoms with Crippen molar-refractivity contribution in [3.05, 3.63) is 0 Å². The summed E-state index contributed by atoms with van der Waals surface area (Å²) in [6.45, 7) is 1.30. The summed E-state index contributed by atoms with van der Waals surface area (Å²) in [5.74, 6) is -5.89. The zero-order valence-electron chi connectivity index (χ0n) is 16.4. The van der Waals surface area contributed by atoms with Gasteiger partial charge in [0.2, 0.25) is 17.7 Å². The van der Waals surface area contributed by atoms with Gasteiger partial charge in [-0.3, -0.25) is 19.2 Å². The second-order valence-corrected chi connectivity index (χ2v) is 6.57. The Morgan fingerprint density at radius 2 is 1.33 bits per heavy atom. The first-order chi connectivity index (χ1) is 13.8. The summed E-state index contributed by atoms with van der Waals surface area (Å²) >= 11 is 0. The number of rotatable bonds is 13. The second kappa shape index (κ2) is 12.7. The normalized spacial score (nSPS) is 16.9. The van der Waals surface area contributed by atoms with Crippen molar-refractivity contribution in [1.29, 1.82) is 0 Å². The Bertz CT molecular complexity index is 640. The number of carbonyl (C=O) groups excluding carboxylic acids is 3. The van der Waals surface area contributed by atoms with Crippen LogP contribution in [-0.2, 0) is 24.0 Å². The number of carboxylic acids is 2. The van der Waals surface area contributed by atoms with Crippen molar-refractivity contribution in [2.24, 2.45) is 5.73 Å². The number of carbonyl (C=O) groups is 5. The van der Waals surface area contributed by atoms with Crippen LogP contribution < -0.4 is 21.7 Å². The lowest BCUT2D eigenvalue weighted by atomic mass is 10.1. The second-order valence-electron chi connectivity index (χ2n) is 6.57. The minimum atomic E-state index is -1.71. The molecule has 14 heteroatoms. The SMILES string of the molecule is CC(O)C(NC(=O)C(CO)NC(=O)C(NC(=O)C(N)CCC(=O)O)C(C)O)C(=O)O. The first kappa shape index (κ1) is 27.2. The highest BCUT2D eigenvalue weighted by Crippen LogP contribution is 2.01. The fraction of sp³-hybridized carbons (Fsp3) is 0.688. The molecule has 3 amide bonds. The van der Waals surface area contributed by atoms with Crippen LogP contribution in [0.25, 0.3) is 0 Å². The van der Waals surface area contributed by atoms with E-state index in [-0.39, 0.29) is 6.42 Å². The van der Waals surface area contributed by atoms with E-state index in [4.69, 9.17) is 15.9 Å². The monoisotopic (exact) mass is 436 g/mol. The number of nitrogens with one attached hydrogen (secondary N) is 3. The molecule has 0 rings (SSSR count). The largest absolute Gasteiger partial charge is 0.481 e. The molecule has 6 atom stereocenters. The molecular weight excluding hydrogens is 408 g/mol. The number of aliphatic hydroxyl groups is 3. The van der Waals surface area contributed by atoms with Crippen LogP contribution in [0.4, 0.5) is 0 Å². The summed E-state index contributed by atoms with van der Waals surface area (Å²) in [7, 11) is 0. The zero-order chi connectivity index (χ0) is 23.6. The maximum atomic E-state index is 12.4. The van der Waals surface area contributed by atoms with E-state index in [1.165, 1.54) is 0 Å². The van der Waals surface area contributed by atoms with Gasteiger partial charge < -0.3 is 47.2 Å². The van der Waals surface area contributed by atoms with Crippen molar-refractivity contribution in [2.75, 3.05) is 6.61 Å². The van der Waals surface area contributed by atoms with Gasteiger partial charge in [0.05, 0.1) is 24.9 Å². The van der Waals surface area contributed by atoms with Crippen molar-refractivity contribution < 1.29 is 49.5 Å². The molecule has 0 bridgehead atoms. The molecule has 0 aliphatic heterocycles. The fourth-order valence-electron chi connectivity index (χ4n) is 2.17. The molecule has 0 heterocycles. The lowest BCUT2D eigenvalue weighted by Gasteiger charge is -2.26. The van der Waals surface area contributed by atoms with E-state index in [0.29, 0.717) is 0 Å². The number of amides is 3. The highest BCUT2D eigenvalue weighted by atomic mass is 16.4. The summed E-state index contributed by atoms with van der Waals surface area (Å²) in [6, 6.07) is -6.25. The maximum absolute atomic E-state index is 12.4. The zero-order valence-corrected chi connectivity index (χ0v) is 16.4. The third kappa shape index (κ3) is 9.13. The minimum absolute atomic E-state index is 0.229. The van der Waals surface area contributed by atoms with Gasteiger partial charge in [-0.25, -0.2) is 4.79 Å². The molecule has 0 aromatic rings. The Morgan fingerprint density at radius 1 is 0.833 bits per heavy atom. The van der Waals surface area contributed by atoms with Crippen LogP contribution in [0.3, 0.4) is 0 Å². The molecule has 0 aliphatic carbocycles. The van der Waals surface area contributed by atoms with Crippen molar-refractivity contribution in [3.8, 4) is 0 Å². The van der Waals surface area contributed by atoms with E-state index >= 15 is 0 Å². The van der Waals surface area contributed by atoms with Gasteiger partial charge in [0.25, 0.3) is 0 Å². The molecule has 10 N–H and O–H groups in total. The average Bonchev–Trinajstić information content (AvgIpc) is 2.64. The third-order valence-electron chi connectivity index (χ3n) is 3.93. The molecule has 0 fully saturated rings. The van der Waals surface area contributed by atoms with Gasteiger partial charge in [0.15, 0.2) is 6.04 Å². The summed E-state index contributed by atoms with van der Waals surface area (Å²) < 4.78 is 0. The number of aliphatic hydroxyl groups excluding tert-OH is 3. The van der Waals surface area contributed by atoms with E-state index in [1.54, 1.807) is 0 Å². The predicted molar refractivity (Wildman–Crippen MR) is 98.7 cm³/mol. The topological polar surface area (TPSA) is 249 Å². The quantitative estimate of drug-likeness (QED) is 0.133. The van der Waals surface area contributed by atoms with E-state index < -0.39 is 79.1 Å². The van der Waals surface area contributed by atoms with Gasteiger partial charge in [-0.15, -0.1) is 0 Å². The molecule has 0 saturated heterocycles. The summed E-state index contributed by atoms with van der Waals surface area (Å²) in [6.07, 6.45) is -3.57. The Labute approximate surface area is 171 Å². The lowest BCUT2D eigenvalue weighted by Crippen LogP contribution is -2.61. The number of nitrogens with two attached hydrogens (primary N) is 1. The van der Waals surface area contributed by atoms with E-state index in [2.05, 4.69) is 5.32 Å². The predicted octanol–water partition coefficient (Wildman–Crippen LogP) is -4.53. The van der Waals surface area contributed by atoms with Crippen LogP contribution in [0, 0.1) is 0 Å². The molecule has 0 aromatic heterocycles. The highest BCUT2D eigenvalue weighted by Gasteiger charge is 2.33. The van der Waals surface area contributed by atoms with Gasteiger partial charge in [0, 0.05) is 6.42 Å². The van der Waals surface area contributed by atoms with Gasteiger partial charge in [-0.2, -0.15) is 0 Å². The van der Waals surface area contributed by atoms with Gasteiger partial charge in [-0.05, 0) is 20.3 Å². The molecule has 30 heavy (non-hydrogen) atoms. The van der Waals surface area contributed by atoms with Crippen LogP contribution in [0.5, 0.6) is 0 Å². The molecule has 0 spiro atoms. The lowest BCUT2D eigenvalue weighted by molar-refractivity contribution is -0.145. The van der Waals surface area contributed by atoms with Crippen LogP contribution in [0.15, 0.2) is 0 Å². The summed E-state index contributed by atoms with van der Waals surface area (Å²) in [4.78, 5) is 58.1. The van der Waals surface area contributed by atoms with Crippen molar-refractivity contribution in [1.82, 2.24) is 16.0 Å². The molecule has 0 aromatic carbocycles. The van der Waals surface area contributed by atoms with Crippen molar-refractivity contribution >= 4 is 29.7 Å². The van der Waals surface area contributed by atoms with Crippen LogP contribution in [0.1, 0.15) is 26.7 Å². The fourth-order valence-corrected chi connectivity index (χ4v) is 2.17. The first-order valence-electron chi connectivity index (χ1n) is 8.90. The molecule has 0 radical (unpaired) electrons. The summed E-state index contributed by atoms with van der Waals surface area (Å²) in [5.41, 5.74) is 5.53. The van der Waals surface area contributed by atoms with E-state index in [9.17, 15) is 39.3 Å². The number of carboxylic acid groups (broad SMARTS) is 2. The number of hydrogen-bond donors (Lipinski definition) is 9. The number of aliphatic carboxylic acids is 2. The average molecular weight is 436 g/mol. The Hall–Kier alpha value is -2.81. The molecule has 14 nitrogen and oxygen atoms in total. The van der Waals surface area contributed by atoms with E-state index in [0.717, 1.165) is 13.8 Å². The minimum Gasteiger partial charge on any atom is -0.481 e. The summed E-state index contributed by atoms with van der Waals surface area (Å²) in [5, 5.41) is 52.2. The van der Waals surface area contributed by atoms with Crippen LogP contribution >= 0.6 is 0 Å². The van der Waals surface area contributed by atoms with Gasteiger partial charge >= 0.3 is 11.9 Å². The van der Waals surface area contributed by atoms with Gasteiger partial charge in [-0.1, -0.05) is 0 Å².